The molecule has 4 rings (SSSR count). The van der Waals surface area contributed by atoms with Gasteiger partial charge in [-0.2, -0.15) is 5.26 Å². The number of imidazole rings is 1. The number of hydrogen-bond acceptors (Lipinski definition) is 4. The van der Waals surface area contributed by atoms with E-state index in [0.717, 1.165) is 16.9 Å². The molecular formula is C22H21Cl3FN5O. The second kappa shape index (κ2) is 11.3. The number of nitriles is 1. The van der Waals surface area contributed by atoms with Crippen LogP contribution in [-0.4, -0.2) is 40.4 Å². The summed E-state index contributed by atoms with van der Waals surface area (Å²) in [6, 6.07) is 13.5. The third kappa shape index (κ3) is 5.59. The molecule has 1 unspecified atom stereocenters. The molecular weight excluding hydrogens is 476 g/mol. The van der Waals surface area contributed by atoms with Crippen molar-refractivity contribution in [2.45, 2.75) is 12.5 Å². The summed E-state index contributed by atoms with van der Waals surface area (Å²) in [4.78, 5) is 23.9. The van der Waals surface area contributed by atoms with Gasteiger partial charge in [-0.1, -0.05) is 23.7 Å². The first kappa shape index (κ1) is 25.6. The van der Waals surface area contributed by atoms with Crippen molar-refractivity contribution >= 4 is 48.0 Å². The minimum atomic E-state index is -0.541. The fourth-order valence-corrected chi connectivity index (χ4v) is 3.94. The number of carbonyl (C=O) groups is 1. The lowest BCUT2D eigenvalue weighted by atomic mass is 10.00. The summed E-state index contributed by atoms with van der Waals surface area (Å²) in [5.74, 6) is -0.570. The molecule has 1 aliphatic heterocycles. The summed E-state index contributed by atoms with van der Waals surface area (Å²) >= 11 is 6.07. The van der Waals surface area contributed by atoms with E-state index >= 15 is 0 Å². The molecule has 1 atom stereocenters. The lowest BCUT2D eigenvalue weighted by Crippen LogP contribution is -2.51. The number of aromatic amines is 1. The standard InChI is InChI=1S/C22H19ClFN5O.2ClH/c23-17-2-1-3-18(10-17)29-7-6-28(13-22(29)30)21(20-12-26-14-27-20)9-15-4-5-16(11-25)19(24)8-15;;/h1-5,8,10,12,14,21H,6-7,9,13H2,(H,26,27);2*1H. The molecule has 1 N–H and O–H groups in total. The van der Waals surface area contributed by atoms with Crippen LogP contribution in [0.3, 0.4) is 0 Å². The first-order valence-corrected chi connectivity index (χ1v) is 9.89. The molecule has 0 bridgehead atoms. The monoisotopic (exact) mass is 495 g/mol. The van der Waals surface area contributed by atoms with Crippen molar-refractivity contribution in [1.29, 1.82) is 5.26 Å². The Labute approximate surface area is 202 Å². The highest BCUT2D eigenvalue weighted by Crippen LogP contribution is 2.28. The zero-order valence-corrected chi connectivity index (χ0v) is 19.3. The van der Waals surface area contributed by atoms with Gasteiger partial charge in [-0.3, -0.25) is 9.69 Å². The van der Waals surface area contributed by atoms with E-state index in [1.165, 1.54) is 12.1 Å². The quantitative estimate of drug-likeness (QED) is 0.562. The number of hydrogen-bond donors (Lipinski definition) is 1. The fourth-order valence-electron chi connectivity index (χ4n) is 3.76. The molecule has 6 nitrogen and oxygen atoms in total. The Morgan fingerprint density at radius 3 is 2.66 bits per heavy atom. The number of anilines is 1. The van der Waals surface area contributed by atoms with Crippen molar-refractivity contribution in [2.24, 2.45) is 0 Å². The molecule has 2 heterocycles. The Hall–Kier alpha value is -2.63. The molecule has 1 amide bonds. The molecule has 1 saturated heterocycles. The van der Waals surface area contributed by atoms with Crippen LogP contribution in [0.5, 0.6) is 0 Å². The molecule has 10 heteroatoms. The van der Waals surface area contributed by atoms with Gasteiger partial charge in [0, 0.05) is 30.0 Å². The first-order valence-electron chi connectivity index (χ1n) is 9.52. The molecule has 1 fully saturated rings. The Kier molecular flexibility index (Phi) is 9.05. The lowest BCUT2D eigenvalue weighted by molar-refractivity contribution is -0.122. The third-order valence-corrected chi connectivity index (χ3v) is 5.51. The van der Waals surface area contributed by atoms with Gasteiger partial charge in [-0.05, 0) is 42.3 Å². The third-order valence-electron chi connectivity index (χ3n) is 5.27. The number of nitrogens with one attached hydrogen (secondary N) is 1. The van der Waals surface area contributed by atoms with Gasteiger partial charge in [-0.15, -0.1) is 24.8 Å². The molecule has 0 spiro atoms. The van der Waals surface area contributed by atoms with Crippen molar-refractivity contribution in [3.05, 3.63) is 82.6 Å². The Morgan fingerprint density at radius 2 is 2.03 bits per heavy atom. The summed E-state index contributed by atoms with van der Waals surface area (Å²) in [7, 11) is 0. The van der Waals surface area contributed by atoms with E-state index in [1.54, 1.807) is 35.6 Å². The van der Waals surface area contributed by atoms with Crippen LogP contribution in [-0.2, 0) is 11.2 Å². The second-order valence-electron chi connectivity index (χ2n) is 7.15. The largest absolute Gasteiger partial charge is 0.347 e. The lowest BCUT2D eigenvalue weighted by Gasteiger charge is -2.38. The van der Waals surface area contributed by atoms with E-state index in [0.29, 0.717) is 24.5 Å². The number of halogens is 4. The maximum Gasteiger partial charge on any atom is 0.241 e. The predicted molar refractivity (Wildman–Crippen MR) is 126 cm³/mol. The number of nitrogens with zero attached hydrogens (tertiary/aromatic N) is 4. The van der Waals surface area contributed by atoms with E-state index in [1.807, 2.05) is 18.2 Å². The van der Waals surface area contributed by atoms with E-state index in [-0.39, 0.29) is 48.9 Å². The van der Waals surface area contributed by atoms with Crippen molar-refractivity contribution in [2.75, 3.05) is 24.5 Å². The smallest absolute Gasteiger partial charge is 0.241 e. The van der Waals surface area contributed by atoms with Gasteiger partial charge in [0.2, 0.25) is 5.91 Å². The minimum absolute atomic E-state index is 0. The van der Waals surface area contributed by atoms with Gasteiger partial charge in [0.15, 0.2) is 0 Å². The van der Waals surface area contributed by atoms with Gasteiger partial charge >= 0.3 is 0 Å². The summed E-state index contributed by atoms with van der Waals surface area (Å²) < 4.78 is 14.1. The number of benzene rings is 2. The Bertz CT molecular complexity index is 1100. The Morgan fingerprint density at radius 1 is 1.22 bits per heavy atom. The van der Waals surface area contributed by atoms with Crippen molar-refractivity contribution in [3.63, 3.8) is 0 Å². The van der Waals surface area contributed by atoms with Gasteiger partial charge in [-0.25, -0.2) is 9.37 Å². The molecule has 168 valence electrons. The average Bonchev–Trinajstić information content (AvgIpc) is 3.26. The zero-order valence-electron chi connectivity index (χ0n) is 16.9. The maximum atomic E-state index is 14.1. The summed E-state index contributed by atoms with van der Waals surface area (Å²) in [5, 5.41) is 9.53. The van der Waals surface area contributed by atoms with Crippen LogP contribution in [0.25, 0.3) is 0 Å². The predicted octanol–water partition coefficient (Wildman–Crippen LogP) is 4.55. The van der Waals surface area contributed by atoms with E-state index in [9.17, 15) is 9.18 Å². The molecule has 2 aromatic carbocycles. The number of piperazine rings is 1. The molecule has 0 aliphatic carbocycles. The number of H-pyrrole nitrogens is 1. The highest BCUT2D eigenvalue weighted by atomic mass is 35.5. The Balaban J connectivity index is 0.00000181. The summed E-state index contributed by atoms with van der Waals surface area (Å²) in [6.45, 7) is 1.38. The van der Waals surface area contributed by atoms with E-state index in [4.69, 9.17) is 16.9 Å². The molecule has 0 saturated carbocycles. The topological polar surface area (TPSA) is 76.0 Å². The second-order valence-corrected chi connectivity index (χ2v) is 7.59. The number of aromatic nitrogens is 2. The molecule has 32 heavy (non-hydrogen) atoms. The minimum Gasteiger partial charge on any atom is -0.347 e. The van der Waals surface area contributed by atoms with Crippen LogP contribution in [0.2, 0.25) is 5.02 Å². The van der Waals surface area contributed by atoms with E-state index < -0.39 is 5.82 Å². The maximum absolute atomic E-state index is 14.1. The molecule has 1 aromatic heterocycles. The number of rotatable bonds is 5. The van der Waals surface area contributed by atoms with Crippen LogP contribution < -0.4 is 4.90 Å². The number of carbonyl (C=O) groups excluding carboxylic acids is 1. The normalized spacial score (nSPS) is 14.8. The van der Waals surface area contributed by atoms with Crippen LogP contribution in [0.4, 0.5) is 10.1 Å². The fraction of sp³-hybridized carbons (Fsp3) is 0.227. The first-order chi connectivity index (χ1) is 14.5. The van der Waals surface area contributed by atoms with Crippen molar-refractivity contribution < 1.29 is 9.18 Å². The van der Waals surface area contributed by atoms with Crippen LogP contribution >= 0.6 is 36.4 Å². The molecule has 0 radical (unpaired) electrons. The van der Waals surface area contributed by atoms with Crippen molar-refractivity contribution in [1.82, 2.24) is 14.9 Å². The highest BCUT2D eigenvalue weighted by Gasteiger charge is 2.31. The van der Waals surface area contributed by atoms with Gasteiger partial charge in [0.25, 0.3) is 0 Å². The molecule has 3 aromatic rings. The van der Waals surface area contributed by atoms with Crippen LogP contribution in [0, 0.1) is 17.1 Å². The summed E-state index contributed by atoms with van der Waals surface area (Å²) in [5.41, 5.74) is 2.39. The van der Waals surface area contributed by atoms with Gasteiger partial charge < -0.3 is 9.88 Å². The number of amides is 1. The zero-order chi connectivity index (χ0) is 21.1. The van der Waals surface area contributed by atoms with Crippen LogP contribution in [0.1, 0.15) is 22.9 Å². The van der Waals surface area contributed by atoms with Gasteiger partial charge in [0.05, 0.1) is 30.2 Å². The van der Waals surface area contributed by atoms with Crippen LogP contribution in [0.15, 0.2) is 55.0 Å². The summed E-state index contributed by atoms with van der Waals surface area (Å²) in [6.07, 6.45) is 3.79. The van der Waals surface area contributed by atoms with Gasteiger partial charge in [0.1, 0.15) is 11.9 Å². The van der Waals surface area contributed by atoms with Crippen molar-refractivity contribution in [3.8, 4) is 6.07 Å². The average molecular weight is 497 g/mol. The molecule has 1 aliphatic rings. The SMILES string of the molecule is Cl.Cl.N#Cc1ccc(CC(c2cnc[nH]2)N2CCN(c3cccc(Cl)c3)C(=O)C2)cc1F. The highest BCUT2D eigenvalue weighted by molar-refractivity contribution is 6.30. The van der Waals surface area contributed by atoms with E-state index in [2.05, 4.69) is 14.9 Å².